The van der Waals surface area contributed by atoms with Gasteiger partial charge in [-0.05, 0) is 49.8 Å². The second-order valence-electron chi connectivity index (χ2n) is 8.31. The molecule has 4 rings (SSSR count). The summed E-state index contributed by atoms with van der Waals surface area (Å²) in [6, 6.07) is 19.6. The minimum Gasteiger partial charge on any atom is -0.494 e. The van der Waals surface area contributed by atoms with Gasteiger partial charge in [-0.15, -0.1) is 0 Å². The lowest BCUT2D eigenvalue weighted by Gasteiger charge is -2.48. The first kappa shape index (κ1) is 19.2. The molecule has 28 heavy (non-hydrogen) atoms. The maximum Gasteiger partial charge on any atom is 0.166 e. The van der Waals surface area contributed by atoms with Crippen LogP contribution in [0.2, 0.25) is 0 Å². The quantitative estimate of drug-likeness (QED) is 0.598. The molecule has 0 aromatic heterocycles. The summed E-state index contributed by atoms with van der Waals surface area (Å²) in [4.78, 5) is 15.9. The number of carbonyl (C=O) groups excluding carboxylic acids is 1. The van der Waals surface area contributed by atoms with Gasteiger partial charge in [0.2, 0.25) is 0 Å². The van der Waals surface area contributed by atoms with E-state index < -0.39 is 0 Å². The Bertz CT molecular complexity index is 774. The fourth-order valence-electron chi connectivity index (χ4n) is 4.94. The number of carbonyl (C=O) groups is 1. The lowest BCUT2D eigenvalue weighted by Crippen LogP contribution is -2.52. The van der Waals surface area contributed by atoms with E-state index in [2.05, 4.69) is 42.2 Å². The molecule has 0 spiro atoms. The molecule has 3 heteroatoms. The van der Waals surface area contributed by atoms with E-state index in [0.717, 1.165) is 37.1 Å². The molecule has 2 saturated heterocycles. The van der Waals surface area contributed by atoms with Crippen molar-refractivity contribution < 1.29 is 9.53 Å². The van der Waals surface area contributed by atoms with Crippen LogP contribution < -0.4 is 4.74 Å². The van der Waals surface area contributed by atoms with Gasteiger partial charge in [-0.2, -0.15) is 0 Å². The van der Waals surface area contributed by atoms with E-state index in [-0.39, 0.29) is 5.92 Å². The van der Waals surface area contributed by atoms with Crippen molar-refractivity contribution in [2.75, 3.05) is 6.61 Å². The molecule has 2 fully saturated rings. The summed E-state index contributed by atoms with van der Waals surface area (Å²) in [5.74, 6) is 1.26. The van der Waals surface area contributed by atoms with Crippen molar-refractivity contribution >= 4 is 5.78 Å². The minimum atomic E-state index is 0.142. The Labute approximate surface area is 168 Å². The first-order valence-electron chi connectivity index (χ1n) is 10.8. The largest absolute Gasteiger partial charge is 0.494 e. The average Bonchev–Trinajstić information content (AvgIpc) is 2.72. The number of Topliss-reactive ketones (excluding diaryl/α,β-unsaturated/α-hetero) is 1. The maximum absolute atomic E-state index is 13.2. The van der Waals surface area contributed by atoms with Crippen molar-refractivity contribution in [3.63, 3.8) is 0 Å². The van der Waals surface area contributed by atoms with Crippen molar-refractivity contribution in [3.8, 4) is 5.75 Å². The number of fused-ring (bicyclic) bond motifs is 2. The number of hydrogen-bond acceptors (Lipinski definition) is 3. The molecular weight excluding hydrogens is 346 g/mol. The molecule has 2 heterocycles. The number of piperidine rings is 2. The highest BCUT2D eigenvalue weighted by molar-refractivity contribution is 5.98. The SMILES string of the molecule is CCCOc1cccc(C(=O)C2CC3CCCC(C2)N3Cc2ccccc2)c1. The lowest BCUT2D eigenvalue weighted by molar-refractivity contribution is 0.00905. The molecule has 2 aromatic rings. The lowest BCUT2D eigenvalue weighted by atomic mass is 9.75. The van der Waals surface area contributed by atoms with Crippen LogP contribution in [0.5, 0.6) is 5.75 Å². The normalized spacial score (nSPS) is 24.7. The third-order valence-corrected chi connectivity index (χ3v) is 6.30. The highest BCUT2D eigenvalue weighted by Gasteiger charge is 2.40. The van der Waals surface area contributed by atoms with Crippen molar-refractivity contribution in [1.82, 2.24) is 4.90 Å². The molecule has 0 radical (unpaired) electrons. The zero-order chi connectivity index (χ0) is 19.3. The third kappa shape index (κ3) is 4.30. The van der Waals surface area contributed by atoms with Crippen LogP contribution >= 0.6 is 0 Å². The Kier molecular flexibility index (Phi) is 6.11. The van der Waals surface area contributed by atoms with Crippen LogP contribution in [0, 0.1) is 5.92 Å². The second kappa shape index (κ2) is 8.91. The van der Waals surface area contributed by atoms with Crippen molar-refractivity contribution in [2.24, 2.45) is 5.92 Å². The summed E-state index contributed by atoms with van der Waals surface area (Å²) in [7, 11) is 0. The van der Waals surface area contributed by atoms with Gasteiger partial charge in [-0.1, -0.05) is 55.8 Å². The van der Waals surface area contributed by atoms with Crippen LogP contribution in [-0.2, 0) is 6.54 Å². The van der Waals surface area contributed by atoms with Gasteiger partial charge in [0.15, 0.2) is 5.78 Å². The van der Waals surface area contributed by atoms with Gasteiger partial charge in [0.1, 0.15) is 5.75 Å². The summed E-state index contributed by atoms with van der Waals surface area (Å²) in [6.07, 6.45) is 6.67. The standard InChI is InChI=1S/C25H31NO2/c1-2-14-28-24-13-6-10-20(17-24)25(27)21-15-22-11-7-12-23(16-21)26(22)18-19-8-4-3-5-9-19/h3-6,8-10,13,17,21-23H,2,7,11-12,14-16,18H2,1H3. The maximum atomic E-state index is 13.2. The van der Waals surface area contributed by atoms with E-state index in [0.29, 0.717) is 24.5 Å². The molecule has 2 atom stereocenters. The van der Waals surface area contributed by atoms with Crippen molar-refractivity contribution in [1.29, 1.82) is 0 Å². The van der Waals surface area contributed by atoms with Crippen LogP contribution in [0.25, 0.3) is 0 Å². The first-order chi connectivity index (χ1) is 13.7. The highest BCUT2D eigenvalue weighted by Crippen LogP contribution is 2.39. The smallest absolute Gasteiger partial charge is 0.166 e. The summed E-state index contributed by atoms with van der Waals surface area (Å²) in [5, 5.41) is 0. The summed E-state index contributed by atoms with van der Waals surface area (Å²) in [5.41, 5.74) is 2.19. The predicted molar refractivity (Wildman–Crippen MR) is 113 cm³/mol. The first-order valence-corrected chi connectivity index (χ1v) is 10.8. The number of benzene rings is 2. The predicted octanol–water partition coefficient (Wildman–Crippen LogP) is 5.49. The molecule has 0 saturated carbocycles. The van der Waals surface area contributed by atoms with Crippen LogP contribution in [0.4, 0.5) is 0 Å². The Balaban J connectivity index is 1.45. The van der Waals surface area contributed by atoms with Crippen molar-refractivity contribution in [2.45, 2.75) is 64.1 Å². The Morgan fingerprint density at radius 2 is 1.79 bits per heavy atom. The molecule has 2 aliphatic rings. The van der Waals surface area contributed by atoms with Crippen molar-refractivity contribution in [3.05, 3.63) is 65.7 Å². The number of rotatable bonds is 7. The number of ether oxygens (including phenoxy) is 1. The number of hydrogen-bond donors (Lipinski definition) is 0. The fourth-order valence-corrected chi connectivity index (χ4v) is 4.94. The molecule has 2 bridgehead atoms. The number of nitrogens with zero attached hydrogens (tertiary/aromatic N) is 1. The minimum absolute atomic E-state index is 0.142. The van der Waals surface area contributed by atoms with Crippen LogP contribution in [0.3, 0.4) is 0 Å². The molecule has 2 aromatic carbocycles. The molecule has 0 amide bonds. The van der Waals surface area contributed by atoms with Gasteiger partial charge in [0, 0.05) is 30.1 Å². The zero-order valence-electron chi connectivity index (χ0n) is 16.8. The Hall–Kier alpha value is -2.13. The molecular formula is C25H31NO2. The Morgan fingerprint density at radius 1 is 1.04 bits per heavy atom. The highest BCUT2D eigenvalue weighted by atomic mass is 16.5. The molecule has 0 aliphatic carbocycles. The second-order valence-corrected chi connectivity index (χ2v) is 8.31. The van der Waals surface area contributed by atoms with E-state index in [1.54, 1.807) is 0 Å². The molecule has 0 N–H and O–H groups in total. The van der Waals surface area contributed by atoms with Crippen LogP contribution in [-0.4, -0.2) is 29.4 Å². The topological polar surface area (TPSA) is 29.5 Å². The number of ketones is 1. The van der Waals surface area contributed by atoms with E-state index in [1.807, 2.05) is 24.3 Å². The molecule has 2 unspecified atom stereocenters. The Morgan fingerprint density at radius 3 is 2.50 bits per heavy atom. The van der Waals surface area contributed by atoms with E-state index >= 15 is 0 Å². The van der Waals surface area contributed by atoms with E-state index in [4.69, 9.17) is 4.74 Å². The van der Waals surface area contributed by atoms with E-state index in [9.17, 15) is 4.79 Å². The van der Waals surface area contributed by atoms with Gasteiger partial charge < -0.3 is 4.74 Å². The monoisotopic (exact) mass is 377 g/mol. The molecule has 3 nitrogen and oxygen atoms in total. The third-order valence-electron chi connectivity index (χ3n) is 6.30. The van der Waals surface area contributed by atoms with E-state index in [1.165, 1.54) is 24.8 Å². The van der Waals surface area contributed by atoms with Crippen LogP contribution in [0.1, 0.15) is 61.4 Å². The zero-order valence-corrected chi connectivity index (χ0v) is 16.8. The molecule has 148 valence electrons. The van der Waals surface area contributed by atoms with Gasteiger partial charge in [-0.25, -0.2) is 0 Å². The summed E-state index contributed by atoms with van der Waals surface area (Å²) >= 11 is 0. The van der Waals surface area contributed by atoms with Gasteiger partial charge in [0.05, 0.1) is 6.61 Å². The van der Waals surface area contributed by atoms with Gasteiger partial charge in [-0.3, -0.25) is 9.69 Å². The summed E-state index contributed by atoms with van der Waals surface area (Å²) < 4.78 is 5.73. The van der Waals surface area contributed by atoms with Crippen LogP contribution in [0.15, 0.2) is 54.6 Å². The fraction of sp³-hybridized carbons (Fsp3) is 0.480. The molecule has 2 aliphatic heterocycles. The van der Waals surface area contributed by atoms with Gasteiger partial charge >= 0.3 is 0 Å². The average molecular weight is 378 g/mol. The van der Waals surface area contributed by atoms with Gasteiger partial charge in [0.25, 0.3) is 0 Å². The summed E-state index contributed by atoms with van der Waals surface area (Å²) in [6.45, 7) is 3.80.